The van der Waals surface area contributed by atoms with Crippen LogP contribution in [-0.2, 0) is 4.79 Å². The highest BCUT2D eigenvalue weighted by atomic mass is 16.1. The van der Waals surface area contributed by atoms with Crippen LogP contribution >= 0.6 is 0 Å². The monoisotopic (exact) mass is 266 g/mol. The van der Waals surface area contributed by atoms with E-state index < -0.39 is 0 Å². The van der Waals surface area contributed by atoms with Gasteiger partial charge in [-0.3, -0.25) is 4.79 Å². The minimum atomic E-state index is -0.0877. The standard InChI is InChI=1S/C12H22N6O/c1-4-5-14-9-6-10(18-12(13)17-9)15-7-11(19)16-8(2)3/h6,8H,4-5,7H2,1-3H3,(H,16,19)(H4,13,14,15,17,18). The molecule has 0 fully saturated rings. The molecular formula is C12H22N6O. The SMILES string of the molecule is CCCNc1cc(NCC(=O)NC(C)C)nc(N)n1. The molecule has 0 saturated heterocycles. The first kappa shape index (κ1) is 15.0. The quantitative estimate of drug-likeness (QED) is 0.582. The fraction of sp³-hybridized carbons (Fsp3) is 0.583. The fourth-order valence-electron chi connectivity index (χ4n) is 1.44. The lowest BCUT2D eigenvalue weighted by Crippen LogP contribution is -2.35. The molecule has 1 rings (SSSR count). The maximum atomic E-state index is 11.5. The van der Waals surface area contributed by atoms with E-state index in [0.29, 0.717) is 11.6 Å². The van der Waals surface area contributed by atoms with Gasteiger partial charge in [-0.15, -0.1) is 0 Å². The lowest BCUT2D eigenvalue weighted by Gasteiger charge is -2.11. The predicted octanol–water partition coefficient (Wildman–Crippen LogP) is 0.817. The third-order valence-corrected chi connectivity index (χ3v) is 2.18. The molecule has 1 amide bonds. The summed E-state index contributed by atoms with van der Waals surface area (Å²) < 4.78 is 0. The van der Waals surface area contributed by atoms with E-state index in [1.807, 2.05) is 13.8 Å². The van der Waals surface area contributed by atoms with Gasteiger partial charge in [0, 0.05) is 18.7 Å². The zero-order chi connectivity index (χ0) is 14.3. The average Bonchev–Trinajstić information content (AvgIpc) is 2.32. The lowest BCUT2D eigenvalue weighted by molar-refractivity contribution is -0.119. The van der Waals surface area contributed by atoms with Crippen molar-refractivity contribution >= 4 is 23.5 Å². The Labute approximate surface area is 113 Å². The summed E-state index contributed by atoms with van der Waals surface area (Å²) in [5.74, 6) is 1.27. The zero-order valence-electron chi connectivity index (χ0n) is 11.7. The molecule has 0 spiro atoms. The second-order valence-corrected chi connectivity index (χ2v) is 4.50. The minimum absolute atomic E-state index is 0.0877. The summed E-state index contributed by atoms with van der Waals surface area (Å²) in [5, 5.41) is 8.83. The lowest BCUT2D eigenvalue weighted by atomic mass is 10.4. The number of hydrogen-bond acceptors (Lipinski definition) is 6. The largest absolute Gasteiger partial charge is 0.370 e. The first-order valence-electron chi connectivity index (χ1n) is 6.43. The number of nitrogens with zero attached hydrogens (tertiary/aromatic N) is 2. The van der Waals surface area contributed by atoms with Gasteiger partial charge in [-0.2, -0.15) is 9.97 Å². The van der Waals surface area contributed by atoms with E-state index in [1.54, 1.807) is 6.07 Å². The molecule has 0 aliphatic carbocycles. The number of nitrogen functional groups attached to an aromatic ring is 1. The molecule has 0 radical (unpaired) electrons. The molecule has 1 aromatic rings. The normalized spacial score (nSPS) is 10.3. The van der Waals surface area contributed by atoms with E-state index in [-0.39, 0.29) is 24.4 Å². The summed E-state index contributed by atoms with van der Waals surface area (Å²) in [6, 6.07) is 1.85. The van der Waals surface area contributed by atoms with E-state index in [9.17, 15) is 4.79 Å². The molecule has 0 aromatic carbocycles. The highest BCUT2D eigenvalue weighted by molar-refractivity contribution is 5.80. The van der Waals surface area contributed by atoms with Crippen molar-refractivity contribution in [1.29, 1.82) is 0 Å². The second kappa shape index (κ2) is 7.40. The van der Waals surface area contributed by atoms with Gasteiger partial charge in [0.2, 0.25) is 11.9 Å². The second-order valence-electron chi connectivity index (χ2n) is 4.50. The molecule has 0 unspecified atom stereocenters. The third kappa shape index (κ3) is 5.89. The topological polar surface area (TPSA) is 105 Å². The van der Waals surface area contributed by atoms with Crippen molar-refractivity contribution in [3.63, 3.8) is 0 Å². The van der Waals surface area contributed by atoms with Gasteiger partial charge in [-0.25, -0.2) is 0 Å². The number of nitrogens with two attached hydrogens (primary N) is 1. The number of hydrogen-bond donors (Lipinski definition) is 4. The molecular weight excluding hydrogens is 244 g/mol. The van der Waals surface area contributed by atoms with Crippen molar-refractivity contribution in [3.8, 4) is 0 Å². The molecule has 0 aliphatic rings. The van der Waals surface area contributed by atoms with Crippen LogP contribution in [0.5, 0.6) is 0 Å². The van der Waals surface area contributed by atoms with Crippen molar-refractivity contribution in [2.45, 2.75) is 33.2 Å². The van der Waals surface area contributed by atoms with Gasteiger partial charge in [0.15, 0.2) is 0 Å². The Balaban J connectivity index is 2.57. The number of rotatable bonds is 7. The van der Waals surface area contributed by atoms with E-state index in [2.05, 4.69) is 32.8 Å². The van der Waals surface area contributed by atoms with Crippen LogP contribution in [0.2, 0.25) is 0 Å². The van der Waals surface area contributed by atoms with Crippen LogP contribution in [-0.4, -0.2) is 35.0 Å². The van der Waals surface area contributed by atoms with Gasteiger partial charge < -0.3 is 21.7 Å². The summed E-state index contributed by atoms with van der Waals surface area (Å²) in [6.07, 6.45) is 0.990. The van der Waals surface area contributed by atoms with Crippen LogP contribution in [0.3, 0.4) is 0 Å². The van der Waals surface area contributed by atoms with Gasteiger partial charge in [-0.1, -0.05) is 6.92 Å². The van der Waals surface area contributed by atoms with Gasteiger partial charge in [0.1, 0.15) is 11.6 Å². The molecule has 0 bridgehead atoms. The molecule has 1 heterocycles. The Morgan fingerprint density at radius 3 is 2.53 bits per heavy atom. The number of carbonyl (C=O) groups is 1. The summed E-state index contributed by atoms with van der Waals surface area (Å²) in [4.78, 5) is 19.6. The summed E-state index contributed by atoms with van der Waals surface area (Å²) in [7, 11) is 0. The first-order valence-corrected chi connectivity index (χ1v) is 6.43. The number of anilines is 3. The number of amides is 1. The number of carbonyl (C=O) groups excluding carboxylic acids is 1. The van der Waals surface area contributed by atoms with Crippen LogP contribution in [0.1, 0.15) is 27.2 Å². The van der Waals surface area contributed by atoms with E-state index in [4.69, 9.17) is 5.73 Å². The van der Waals surface area contributed by atoms with Crippen LogP contribution in [0.15, 0.2) is 6.07 Å². The van der Waals surface area contributed by atoms with Gasteiger partial charge in [-0.05, 0) is 20.3 Å². The predicted molar refractivity (Wildman–Crippen MR) is 77.0 cm³/mol. The fourth-order valence-corrected chi connectivity index (χ4v) is 1.44. The Hall–Kier alpha value is -2.05. The highest BCUT2D eigenvalue weighted by Gasteiger charge is 2.05. The molecule has 1 aromatic heterocycles. The Kier molecular flexibility index (Phi) is 5.84. The number of nitrogens with one attached hydrogen (secondary N) is 3. The first-order chi connectivity index (χ1) is 9.01. The zero-order valence-corrected chi connectivity index (χ0v) is 11.7. The molecule has 7 nitrogen and oxygen atoms in total. The highest BCUT2D eigenvalue weighted by Crippen LogP contribution is 2.12. The van der Waals surface area contributed by atoms with Crippen molar-refractivity contribution in [2.24, 2.45) is 0 Å². The molecule has 5 N–H and O–H groups in total. The molecule has 0 atom stereocenters. The van der Waals surface area contributed by atoms with Gasteiger partial charge in [0.05, 0.1) is 6.54 Å². The average molecular weight is 266 g/mol. The smallest absolute Gasteiger partial charge is 0.239 e. The van der Waals surface area contributed by atoms with Crippen molar-refractivity contribution < 1.29 is 4.79 Å². The summed E-state index contributed by atoms with van der Waals surface area (Å²) in [6.45, 7) is 6.85. The molecule has 19 heavy (non-hydrogen) atoms. The van der Waals surface area contributed by atoms with Crippen LogP contribution in [0, 0.1) is 0 Å². The molecule has 7 heteroatoms. The van der Waals surface area contributed by atoms with Crippen molar-refractivity contribution in [3.05, 3.63) is 6.07 Å². The summed E-state index contributed by atoms with van der Waals surface area (Å²) in [5.41, 5.74) is 5.62. The van der Waals surface area contributed by atoms with E-state index in [1.165, 1.54) is 0 Å². The van der Waals surface area contributed by atoms with E-state index in [0.717, 1.165) is 13.0 Å². The van der Waals surface area contributed by atoms with Crippen LogP contribution in [0.25, 0.3) is 0 Å². The Morgan fingerprint density at radius 1 is 1.32 bits per heavy atom. The van der Waals surface area contributed by atoms with E-state index >= 15 is 0 Å². The van der Waals surface area contributed by atoms with Gasteiger partial charge in [0.25, 0.3) is 0 Å². The van der Waals surface area contributed by atoms with Gasteiger partial charge >= 0.3 is 0 Å². The maximum Gasteiger partial charge on any atom is 0.239 e. The molecule has 106 valence electrons. The molecule has 0 aliphatic heterocycles. The third-order valence-electron chi connectivity index (χ3n) is 2.18. The maximum absolute atomic E-state index is 11.5. The van der Waals surface area contributed by atoms with Crippen molar-refractivity contribution in [2.75, 3.05) is 29.5 Å². The summed E-state index contributed by atoms with van der Waals surface area (Å²) >= 11 is 0. The van der Waals surface area contributed by atoms with Crippen LogP contribution < -0.4 is 21.7 Å². The van der Waals surface area contributed by atoms with Crippen LogP contribution in [0.4, 0.5) is 17.6 Å². The van der Waals surface area contributed by atoms with Crippen molar-refractivity contribution in [1.82, 2.24) is 15.3 Å². The Morgan fingerprint density at radius 2 is 1.95 bits per heavy atom. The number of aromatic nitrogens is 2. The Bertz CT molecular complexity index is 421. The minimum Gasteiger partial charge on any atom is -0.370 e. The molecule has 0 saturated carbocycles.